The number of amides is 2. The van der Waals surface area contributed by atoms with Gasteiger partial charge in [0.05, 0.1) is 12.2 Å². The van der Waals surface area contributed by atoms with Crippen molar-refractivity contribution in [2.75, 3.05) is 25.1 Å². The number of fused-ring (bicyclic) bond motifs is 2. The molecule has 2 aliphatic heterocycles. The first-order valence-electron chi connectivity index (χ1n) is 12.9. The number of allylic oxidation sites excluding steroid dienone is 1. The lowest BCUT2D eigenvalue weighted by atomic mass is 10.0. The number of aliphatic carboxylic acids is 1. The molecule has 2 unspecified atom stereocenters. The topological polar surface area (TPSA) is 198 Å². The molecule has 5 N–H and O–H groups in total. The SMILES string of the molecule is CNCCn1ncc2c1ccc[n+]2CC1=C(C=O)N2C(=O)C(NC(=O)/C(=N\O[C@@H](C)C(=O)O)c3nc(N)sc3Cl)C2SC1. The summed E-state index contributed by atoms with van der Waals surface area (Å²) in [7, 11) is 1.87. The van der Waals surface area contributed by atoms with Gasteiger partial charge in [-0.25, -0.2) is 9.78 Å². The number of carbonyl (C=O) groups is 4. The van der Waals surface area contributed by atoms with Crippen LogP contribution in [0.5, 0.6) is 0 Å². The fourth-order valence-corrected chi connectivity index (χ4v) is 6.88. The minimum Gasteiger partial charge on any atom is -0.478 e. The lowest BCUT2D eigenvalue weighted by Crippen LogP contribution is -2.70. The van der Waals surface area contributed by atoms with Crippen LogP contribution in [0.15, 0.2) is 41.0 Å². The van der Waals surface area contributed by atoms with Crippen LogP contribution >= 0.6 is 34.7 Å². The van der Waals surface area contributed by atoms with E-state index in [2.05, 4.69) is 25.9 Å². The van der Waals surface area contributed by atoms with E-state index in [0.29, 0.717) is 25.1 Å². The number of pyridine rings is 1. The van der Waals surface area contributed by atoms with E-state index in [1.165, 1.54) is 23.6 Å². The van der Waals surface area contributed by atoms with Crippen molar-refractivity contribution in [1.29, 1.82) is 0 Å². The van der Waals surface area contributed by atoms with Gasteiger partial charge in [-0.05, 0) is 20.0 Å². The van der Waals surface area contributed by atoms with Crippen LogP contribution in [0.25, 0.3) is 11.0 Å². The Labute approximate surface area is 257 Å². The molecule has 1 fully saturated rings. The van der Waals surface area contributed by atoms with E-state index in [1.54, 1.807) is 6.20 Å². The number of nitrogens with two attached hydrogens (primary N) is 1. The number of anilines is 1. The molecule has 226 valence electrons. The molecule has 3 aromatic rings. The molecule has 5 heterocycles. The molecule has 18 heteroatoms. The van der Waals surface area contributed by atoms with Crippen LogP contribution in [0.2, 0.25) is 4.34 Å². The van der Waals surface area contributed by atoms with Gasteiger partial charge < -0.3 is 26.3 Å². The highest BCUT2D eigenvalue weighted by atomic mass is 35.5. The number of thioether (sulfide) groups is 1. The summed E-state index contributed by atoms with van der Waals surface area (Å²) in [5, 5.41) is 22.5. The van der Waals surface area contributed by atoms with E-state index in [-0.39, 0.29) is 20.9 Å². The van der Waals surface area contributed by atoms with Crippen molar-refractivity contribution < 1.29 is 33.7 Å². The minimum atomic E-state index is -1.38. The van der Waals surface area contributed by atoms with Crippen molar-refractivity contribution in [2.45, 2.75) is 37.5 Å². The molecule has 0 saturated carbocycles. The number of oxime groups is 1. The summed E-state index contributed by atoms with van der Waals surface area (Å²) >= 11 is 8.46. The first kappa shape index (κ1) is 30.4. The first-order chi connectivity index (χ1) is 20.6. The van der Waals surface area contributed by atoms with Crippen molar-refractivity contribution in [3.63, 3.8) is 0 Å². The van der Waals surface area contributed by atoms with Gasteiger partial charge in [0.15, 0.2) is 29.9 Å². The van der Waals surface area contributed by atoms with Gasteiger partial charge in [0.1, 0.15) is 33.2 Å². The number of hydrogen-bond donors (Lipinski definition) is 4. The Balaban J connectivity index is 1.35. The van der Waals surface area contributed by atoms with Crippen molar-refractivity contribution in [3.05, 3.63) is 45.8 Å². The van der Waals surface area contributed by atoms with Crippen molar-refractivity contribution >= 4 is 80.6 Å². The molecule has 2 aliphatic rings. The summed E-state index contributed by atoms with van der Waals surface area (Å²) in [4.78, 5) is 60.3. The lowest BCUT2D eigenvalue weighted by molar-refractivity contribution is -0.663. The van der Waals surface area contributed by atoms with Crippen LogP contribution < -0.4 is 20.9 Å². The van der Waals surface area contributed by atoms with Gasteiger partial charge in [-0.15, -0.1) is 11.8 Å². The fraction of sp³-hybridized carbons (Fsp3) is 0.360. The zero-order chi connectivity index (χ0) is 30.8. The average Bonchev–Trinajstić information content (AvgIpc) is 3.56. The number of carboxylic acid groups (broad SMARTS) is 1. The number of carbonyl (C=O) groups excluding carboxylic acids is 3. The predicted octanol–water partition coefficient (Wildman–Crippen LogP) is -0.0178. The maximum Gasteiger partial charge on any atom is 0.347 e. The number of aromatic nitrogens is 4. The normalized spacial score (nSPS) is 19.2. The van der Waals surface area contributed by atoms with E-state index in [9.17, 15) is 19.2 Å². The average molecular weight is 649 g/mol. The summed E-state index contributed by atoms with van der Waals surface area (Å²) in [5.41, 5.74) is 7.97. The number of nitrogen functional groups attached to an aromatic ring is 1. The van der Waals surface area contributed by atoms with Crippen LogP contribution in [0.1, 0.15) is 12.6 Å². The molecule has 2 amide bonds. The van der Waals surface area contributed by atoms with Gasteiger partial charge >= 0.3 is 5.97 Å². The Hall–Kier alpha value is -4.06. The number of hydrogen-bond acceptors (Lipinski definition) is 12. The first-order valence-corrected chi connectivity index (χ1v) is 15.2. The van der Waals surface area contributed by atoms with E-state index in [4.69, 9.17) is 27.3 Å². The number of thiazole rings is 1. The number of halogens is 1. The summed E-state index contributed by atoms with van der Waals surface area (Å²) < 4.78 is 3.90. The molecule has 0 radical (unpaired) electrons. The van der Waals surface area contributed by atoms with Gasteiger partial charge in [-0.1, -0.05) is 28.1 Å². The summed E-state index contributed by atoms with van der Waals surface area (Å²) in [6.07, 6.45) is 2.94. The van der Waals surface area contributed by atoms with E-state index >= 15 is 0 Å². The van der Waals surface area contributed by atoms with Crippen LogP contribution in [-0.4, -0.2) is 91.4 Å². The highest BCUT2D eigenvalue weighted by molar-refractivity contribution is 8.00. The quantitative estimate of drug-likeness (QED) is 0.0677. The van der Waals surface area contributed by atoms with Gasteiger partial charge in [0.2, 0.25) is 6.10 Å². The monoisotopic (exact) mass is 648 g/mol. The van der Waals surface area contributed by atoms with Crippen LogP contribution in [-0.2, 0) is 37.1 Å². The van der Waals surface area contributed by atoms with Crippen molar-refractivity contribution in [1.82, 2.24) is 30.3 Å². The molecule has 3 aromatic heterocycles. The molecule has 5 rings (SSSR count). The third kappa shape index (κ3) is 5.93. The molecule has 0 bridgehead atoms. The number of nitrogens with zero attached hydrogens (tertiary/aromatic N) is 6. The largest absolute Gasteiger partial charge is 0.478 e. The number of aldehydes is 1. The molecule has 0 spiro atoms. The standard InChI is InChI=1S/C25H26ClN9O6S2/c1-12(24(39)40)41-32-18(17-20(26)43-25(27)31-17)21(37)30-19-22(38)35-16(10-36)13(11-42-23(19)35)9-33-6-3-4-14-15(33)8-29-34(14)7-5-28-2/h3-4,6,8,10,12,19,23,28H,5,7,9,11H2,1-2H3,(H3-,27,30,31,37,39,40)/p+1/b32-18-/t12-,19?,23?/m0/s1. The van der Waals surface area contributed by atoms with Gasteiger partial charge in [-0.2, -0.15) is 9.67 Å². The predicted molar refractivity (Wildman–Crippen MR) is 158 cm³/mol. The molecule has 3 atom stereocenters. The maximum absolute atomic E-state index is 13.3. The third-order valence-electron chi connectivity index (χ3n) is 6.81. The lowest BCUT2D eigenvalue weighted by Gasteiger charge is -2.49. The highest BCUT2D eigenvalue weighted by Crippen LogP contribution is 2.40. The van der Waals surface area contributed by atoms with E-state index < -0.39 is 41.0 Å². The zero-order valence-electron chi connectivity index (χ0n) is 22.9. The number of carboxylic acids is 1. The molecule has 0 aromatic carbocycles. The van der Waals surface area contributed by atoms with Gasteiger partial charge in [0, 0.05) is 23.9 Å². The van der Waals surface area contributed by atoms with E-state index in [0.717, 1.165) is 34.5 Å². The summed E-state index contributed by atoms with van der Waals surface area (Å²) in [6, 6.07) is 2.88. The number of likely N-dealkylation sites (N-methyl/N-ethyl adjacent to an activating group) is 1. The Morgan fingerprint density at radius 3 is 2.91 bits per heavy atom. The van der Waals surface area contributed by atoms with Crippen molar-refractivity contribution in [2.24, 2.45) is 5.16 Å². The second-order valence-electron chi connectivity index (χ2n) is 9.55. The molecule has 43 heavy (non-hydrogen) atoms. The Morgan fingerprint density at radius 2 is 2.23 bits per heavy atom. The zero-order valence-corrected chi connectivity index (χ0v) is 25.3. The number of nitrogens with one attached hydrogen (secondary N) is 2. The molecular formula is C25H27ClN9O6S2+. The number of rotatable bonds is 12. The third-order valence-corrected chi connectivity index (χ3v) is 9.23. The molecule has 1 saturated heterocycles. The van der Waals surface area contributed by atoms with Crippen molar-refractivity contribution in [3.8, 4) is 0 Å². The Kier molecular flexibility index (Phi) is 8.95. The second kappa shape index (κ2) is 12.7. The van der Waals surface area contributed by atoms with Gasteiger partial charge in [-0.3, -0.25) is 24.0 Å². The van der Waals surface area contributed by atoms with Crippen LogP contribution in [0.4, 0.5) is 5.13 Å². The molecular weight excluding hydrogens is 622 g/mol. The maximum atomic E-state index is 13.3. The minimum absolute atomic E-state index is 0.0301. The van der Waals surface area contributed by atoms with Crippen LogP contribution in [0, 0.1) is 0 Å². The summed E-state index contributed by atoms with van der Waals surface area (Å²) in [6.45, 7) is 3.04. The van der Waals surface area contributed by atoms with Crippen LogP contribution in [0.3, 0.4) is 0 Å². The summed E-state index contributed by atoms with van der Waals surface area (Å²) in [5.74, 6) is -2.24. The van der Waals surface area contributed by atoms with E-state index in [1.807, 2.05) is 34.6 Å². The second-order valence-corrected chi connectivity index (χ2v) is 12.3. The smallest absolute Gasteiger partial charge is 0.347 e. The fourth-order valence-electron chi connectivity index (χ4n) is 4.60. The Morgan fingerprint density at radius 1 is 1.44 bits per heavy atom. The molecule has 0 aliphatic carbocycles. The Bertz CT molecular complexity index is 1670. The highest BCUT2D eigenvalue weighted by Gasteiger charge is 2.53. The van der Waals surface area contributed by atoms with Gasteiger partial charge in [0.25, 0.3) is 17.3 Å². The number of β-lactam (4-membered cyclic amide) rings is 1. The molecule has 15 nitrogen and oxygen atoms in total.